The number of hydrogen-bond acceptors (Lipinski definition) is 5. The van der Waals surface area contributed by atoms with Gasteiger partial charge in [-0.15, -0.1) is 10.2 Å². The molecule has 4 heterocycles. The number of aromatic nitrogens is 6. The molecule has 138 valence electrons. The number of rotatable bonds is 3. The number of halogens is 1. The highest BCUT2D eigenvalue weighted by Crippen LogP contribution is 2.33. The van der Waals surface area contributed by atoms with E-state index in [0.717, 1.165) is 48.3 Å². The molecule has 8 heteroatoms. The minimum Gasteiger partial charge on any atom is -0.277 e. The molecule has 0 saturated carbocycles. The summed E-state index contributed by atoms with van der Waals surface area (Å²) in [7, 11) is 1.91. The zero-order chi connectivity index (χ0) is 19.3. The highest BCUT2D eigenvalue weighted by atomic mass is 35.5. The van der Waals surface area contributed by atoms with Gasteiger partial charge in [0.25, 0.3) is 0 Å². The van der Waals surface area contributed by atoms with E-state index in [0.29, 0.717) is 0 Å². The minimum atomic E-state index is 0.734. The van der Waals surface area contributed by atoms with Crippen LogP contribution in [0.5, 0.6) is 0 Å². The van der Waals surface area contributed by atoms with Gasteiger partial charge in [0.05, 0.1) is 16.7 Å². The highest BCUT2D eigenvalue weighted by molar-refractivity contribution is 7.99. The molecule has 0 unspecified atom stereocenters. The first-order valence-electron chi connectivity index (χ1n) is 8.65. The molecule has 4 aromatic heterocycles. The molecule has 5 rings (SSSR count). The standard InChI is InChI=1S/C20H15ClN6S/c1-12-8-22-17-5-4-15(7-16(17)19(12)21)28-20-25-24-18-6-3-13(11-27(18)20)14-9-23-26(2)10-14/h3-11H,1-2H3. The van der Waals surface area contributed by atoms with Gasteiger partial charge in [0.2, 0.25) is 0 Å². The number of benzene rings is 1. The number of nitrogens with zero attached hydrogens (tertiary/aromatic N) is 6. The molecule has 0 fully saturated rings. The van der Waals surface area contributed by atoms with Crippen molar-refractivity contribution in [2.24, 2.45) is 7.05 Å². The van der Waals surface area contributed by atoms with Crippen LogP contribution in [-0.2, 0) is 7.05 Å². The van der Waals surface area contributed by atoms with Crippen LogP contribution in [0.3, 0.4) is 0 Å². The van der Waals surface area contributed by atoms with E-state index in [2.05, 4.69) is 20.3 Å². The largest absolute Gasteiger partial charge is 0.277 e. The zero-order valence-corrected chi connectivity index (χ0v) is 16.7. The van der Waals surface area contributed by atoms with Crippen LogP contribution in [0.1, 0.15) is 5.56 Å². The van der Waals surface area contributed by atoms with Crippen molar-refractivity contribution in [1.29, 1.82) is 0 Å². The predicted octanol–water partition coefficient (Wildman–Crippen LogP) is 4.79. The van der Waals surface area contributed by atoms with Gasteiger partial charge in [-0.1, -0.05) is 11.6 Å². The summed E-state index contributed by atoms with van der Waals surface area (Å²) < 4.78 is 3.78. The maximum absolute atomic E-state index is 6.48. The Morgan fingerprint density at radius 2 is 1.89 bits per heavy atom. The molecule has 0 N–H and O–H groups in total. The maximum atomic E-state index is 6.48. The molecule has 6 nitrogen and oxygen atoms in total. The van der Waals surface area contributed by atoms with E-state index in [-0.39, 0.29) is 0 Å². The fraction of sp³-hybridized carbons (Fsp3) is 0.100. The van der Waals surface area contributed by atoms with Crippen LogP contribution < -0.4 is 0 Å². The van der Waals surface area contributed by atoms with Crippen molar-refractivity contribution < 1.29 is 0 Å². The van der Waals surface area contributed by atoms with E-state index in [1.807, 2.05) is 67.3 Å². The summed E-state index contributed by atoms with van der Waals surface area (Å²) in [6.07, 6.45) is 7.66. The van der Waals surface area contributed by atoms with Crippen molar-refractivity contribution in [2.75, 3.05) is 0 Å². The number of aryl methyl sites for hydroxylation is 2. The highest BCUT2D eigenvalue weighted by Gasteiger charge is 2.11. The van der Waals surface area contributed by atoms with Gasteiger partial charge in [0.1, 0.15) is 0 Å². The predicted molar refractivity (Wildman–Crippen MR) is 111 cm³/mol. The lowest BCUT2D eigenvalue weighted by Gasteiger charge is -2.06. The Bertz CT molecular complexity index is 1340. The van der Waals surface area contributed by atoms with Crippen LogP contribution in [0, 0.1) is 6.92 Å². The van der Waals surface area contributed by atoms with Crippen molar-refractivity contribution in [2.45, 2.75) is 17.0 Å². The summed E-state index contributed by atoms with van der Waals surface area (Å²) in [4.78, 5) is 5.47. The van der Waals surface area contributed by atoms with Gasteiger partial charge >= 0.3 is 0 Å². The minimum absolute atomic E-state index is 0.734. The average molecular weight is 407 g/mol. The Kier molecular flexibility index (Phi) is 4.07. The maximum Gasteiger partial charge on any atom is 0.200 e. The van der Waals surface area contributed by atoms with E-state index in [1.54, 1.807) is 22.6 Å². The SMILES string of the molecule is Cc1cnc2ccc(Sc3nnc4ccc(-c5cnn(C)c5)cn34)cc2c1Cl. The lowest BCUT2D eigenvalue weighted by atomic mass is 10.2. The van der Waals surface area contributed by atoms with Crippen molar-refractivity contribution in [3.8, 4) is 11.1 Å². The molecule has 1 aromatic carbocycles. The van der Waals surface area contributed by atoms with Gasteiger partial charge in [0.15, 0.2) is 10.8 Å². The second-order valence-electron chi connectivity index (χ2n) is 6.57. The van der Waals surface area contributed by atoms with Crippen molar-refractivity contribution >= 4 is 39.9 Å². The normalized spacial score (nSPS) is 11.5. The first kappa shape index (κ1) is 17.2. The second kappa shape index (κ2) is 6.61. The average Bonchev–Trinajstić information content (AvgIpc) is 3.31. The van der Waals surface area contributed by atoms with Crippen LogP contribution >= 0.6 is 23.4 Å². The Labute approximate surface area is 170 Å². The monoisotopic (exact) mass is 406 g/mol. The van der Waals surface area contributed by atoms with Crippen molar-refractivity contribution in [3.05, 3.63) is 65.7 Å². The molecule has 5 aromatic rings. The van der Waals surface area contributed by atoms with E-state index in [9.17, 15) is 0 Å². The van der Waals surface area contributed by atoms with Gasteiger partial charge < -0.3 is 0 Å². The molecule has 28 heavy (non-hydrogen) atoms. The Balaban J connectivity index is 1.56. The Morgan fingerprint density at radius 3 is 2.71 bits per heavy atom. The van der Waals surface area contributed by atoms with Crippen molar-refractivity contribution in [3.63, 3.8) is 0 Å². The van der Waals surface area contributed by atoms with Gasteiger partial charge in [-0.05, 0) is 54.6 Å². The second-order valence-corrected chi connectivity index (χ2v) is 7.99. The van der Waals surface area contributed by atoms with Crippen LogP contribution in [-0.4, -0.2) is 29.4 Å². The third kappa shape index (κ3) is 2.93. The van der Waals surface area contributed by atoms with Gasteiger partial charge in [-0.25, -0.2) is 0 Å². The van der Waals surface area contributed by atoms with Crippen LogP contribution in [0.4, 0.5) is 0 Å². The van der Waals surface area contributed by atoms with Gasteiger partial charge in [0, 0.05) is 47.0 Å². The smallest absolute Gasteiger partial charge is 0.200 e. The third-order valence-electron chi connectivity index (χ3n) is 4.57. The van der Waals surface area contributed by atoms with Crippen molar-refractivity contribution in [1.82, 2.24) is 29.4 Å². The molecule has 0 bridgehead atoms. The lowest BCUT2D eigenvalue weighted by Crippen LogP contribution is -1.90. The third-order valence-corrected chi connectivity index (χ3v) is 6.02. The molecule has 0 aliphatic carbocycles. The summed E-state index contributed by atoms with van der Waals surface area (Å²) >= 11 is 8.02. The fourth-order valence-corrected chi connectivity index (χ4v) is 4.14. The topological polar surface area (TPSA) is 60.9 Å². The summed E-state index contributed by atoms with van der Waals surface area (Å²) in [5.41, 5.74) is 4.75. The molecule has 0 aliphatic rings. The Hall–Kier alpha value is -2.90. The van der Waals surface area contributed by atoms with E-state index in [4.69, 9.17) is 11.6 Å². The lowest BCUT2D eigenvalue weighted by molar-refractivity contribution is 0.768. The molecule has 0 amide bonds. The molecule has 0 radical (unpaired) electrons. The molecule has 0 saturated heterocycles. The summed E-state index contributed by atoms with van der Waals surface area (Å²) in [6, 6.07) is 10.0. The fourth-order valence-electron chi connectivity index (χ4n) is 3.09. The van der Waals surface area contributed by atoms with E-state index in [1.165, 1.54) is 0 Å². The molecular weight excluding hydrogens is 392 g/mol. The zero-order valence-electron chi connectivity index (χ0n) is 15.2. The number of hydrogen-bond donors (Lipinski definition) is 0. The van der Waals surface area contributed by atoms with Crippen LogP contribution in [0.25, 0.3) is 27.7 Å². The molecule has 0 aliphatic heterocycles. The van der Waals surface area contributed by atoms with Gasteiger partial charge in [-0.2, -0.15) is 5.10 Å². The molecule has 0 atom stereocenters. The summed E-state index contributed by atoms with van der Waals surface area (Å²) in [5, 5.41) is 15.4. The van der Waals surface area contributed by atoms with E-state index < -0.39 is 0 Å². The summed E-state index contributed by atoms with van der Waals surface area (Å²) in [5.74, 6) is 0. The quantitative estimate of drug-likeness (QED) is 0.431. The van der Waals surface area contributed by atoms with Gasteiger partial charge in [-0.3, -0.25) is 14.1 Å². The molecule has 0 spiro atoms. The first-order chi connectivity index (χ1) is 13.6. The van der Waals surface area contributed by atoms with E-state index >= 15 is 0 Å². The Morgan fingerprint density at radius 1 is 1.00 bits per heavy atom. The molecular formula is C20H15ClN6S. The summed E-state index contributed by atoms with van der Waals surface area (Å²) in [6.45, 7) is 1.96. The van der Waals surface area contributed by atoms with Crippen LogP contribution in [0.2, 0.25) is 5.02 Å². The number of pyridine rings is 2. The van der Waals surface area contributed by atoms with Crippen LogP contribution in [0.15, 0.2) is 65.2 Å². The first-order valence-corrected chi connectivity index (χ1v) is 9.84. The number of fused-ring (bicyclic) bond motifs is 2.